The summed E-state index contributed by atoms with van der Waals surface area (Å²) in [5, 5.41) is 15.0. The number of ether oxygens (including phenoxy) is 1. The number of benzene rings is 2. The van der Waals surface area contributed by atoms with E-state index in [-0.39, 0.29) is 36.3 Å². The summed E-state index contributed by atoms with van der Waals surface area (Å²) in [6.07, 6.45) is 2.94. The molecule has 0 bridgehead atoms. The molecule has 35 heavy (non-hydrogen) atoms. The smallest absolute Gasteiger partial charge is 0.407 e. The molecule has 5 rings (SSSR count). The van der Waals surface area contributed by atoms with Crippen LogP contribution < -0.4 is 10.6 Å². The van der Waals surface area contributed by atoms with Gasteiger partial charge in [-0.3, -0.25) is 4.79 Å². The van der Waals surface area contributed by atoms with Crippen molar-refractivity contribution in [2.24, 2.45) is 17.8 Å². The van der Waals surface area contributed by atoms with E-state index in [1.807, 2.05) is 31.2 Å². The summed E-state index contributed by atoms with van der Waals surface area (Å²) in [4.78, 5) is 36.7. The molecule has 0 aliphatic heterocycles. The Kier molecular flexibility index (Phi) is 6.50. The lowest BCUT2D eigenvalue weighted by molar-refractivity contribution is -0.142. The molecule has 2 amide bonds. The molecule has 2 aromatic rings. The number of hydrogen-bond acceptors (Lipinski definition) is 4. The summed E-state index contributed by atoms with van der Waals surface area (Å²) < 4.78 is 5.68. The average Bonchev–Trinajstić information content (AvgIpc) is 3.36. The maximum absolute atomic E-state index is 12.6. The summed E-state index contributed by atoms with van der Waals surface area (Å²) in [5.41, 5.74) is 4.74. The molecule has 2 aromatic carbocycles. The molecule has 0 radical (unpaired) electrons. The topological polar surface area (TPSA) is 105 Å². The first kappa shape index (κ1) is 23.4. The summed E-state index contributed by atoms with van der Waals surface area (Å²) in [7, 11) is 0. The van der Waals surface area contributed by atoms with Crippen LogP contribution in [0, 0.1) is 17.8 Å². The molecular weight excluding hydrogens is 444 g/mol. The first-order valence-corrected chi connectivity index (χ1v) is 12.6. The van der Waals surface area contributed by atoms with Crippen molar-refractivity contribution in [2.45, 2.75) is 57.0 Å². The minimum Gasteiger partial charge on any atom is -0.480 e. The van der Waals surface area contributed by atoms with E-state index in [9.17, 15) is 19.5 Å². The molecule has 0 saturated heterocycles. The number of carbonyl (C=O) groups excluding carboxylic acids is 2. The van der Waals surface area contributed by atoms with Gasteiger partial charge in [0.2, 0.25) is 5.91 Å². The molecule has 1 unspecified atom stereocenters. The van der Waals surface area contributed by atoms with E-state index in [0.29, 0.717) is 25.2 Å². The van der Waals surface area contributed by atoms with E-state index >= 15 is 0 Å². The third-order valence-electron chi connectivity index (χ3n) is 8.03. The Morgan fingerprint density at radius 3 is 2.29 bits per heavy atom. The zero-order chi connectivity index (χ0) is 24.5. The highest BCUT2D eigenvalue weighted by atomic mass is 16.5. The van der Waals surface area contributed by atoms with Crippen molar-refractivity contribution in [3.05, 3.63) is 59.7 Å². The Labute approximate surface area is 205 Å². The lowest BCUT2D eigenvalue weighted by Gasteiger charge is -2.40. The van der Waals surface area contributed by atoms with Gasteiger partial charge in [0.15, 0.2) is 0 Å². The molecule has 5 atom stereocenters. The number of nitrogens with one attached hydrogen (secondary N) is 2. The van der Waals surface area contributed by atoms with Gasteiger partial charge < -0.3 is 20.5 Å². The van der Waals surface area contributed by atoms with Crippen molar-refractivity contribution in [2.75, 3.05) is 6.61 Å². The standard InChI is InChI=1S/C28H32N2O5/c1-2-7-24(27(32)33)29-26(31)17-12-16-14-25(22(16)13-17)30-28(34)35-15-23-20-10-5-3-8-18(20)19-9-4-6-11-21(19)23/h3-6,8-11,16-17,22-25H,2,7,12-15H2,1H3,(H,29,31)(H,30,34)(H,32,33)/t16-,17?,22-,24-,25+/m1/s1. The van der Waals surface area contributed by atoms with Crippen LogP contribution in [-0.4, -0.2) is 41.8 Å². The van der Waals surface area contributed by atoms with E-state index < -0.39 is 18.1 Å². The number of carbonyl (C=O) groups is 3. The molecule has 2 fully saturated rings. The van der Waals surface area contributed by atoms with Gasteiger partial charge in [0.25, 0.3) is 0 Å². The fourth-order valence-electron chi connectivity index (χ4n) is 6.23. The third-order valence-corrected chi connectivity index (χ3v) is 8.03. The Hall–Kier alpha value is -3.35. The Bertz CT molecular complexity index is 1090. The predicted octanol–water partition coefficient (Wildman–Crippen LogP) is 4.31. The summed E-state index contributed by atoms with van der Waals surface area (Å²) in [5.74, 6) is -0.721. The van der Waals surface area contributed by atoms with Gasteiger partial charge >= 0.3 is 12.1 Å². The fourth-order valence-corrected chi connectivity index (χ4v) is 6.23. The summed E-state index contributed by atoms with van der Waals surface area (Å²) in [6.45, 7) is 2.18. The number of amides is 2. The number of carboxylic acids is 1. The van der Waals surface area contributed by atoms with Crippen LogP contribution in [0.1, 0.15) is 56.1 Å². The molecule has 3 aliphatic carbocycles. The SMILES string of the molecule is CCC[C@@H](NC(=O)C1C[C@@H]2C[C@H](NC(=O)OCC3c4ccccc4-c4ccccc43)[C@@H]2C1)C(=O)O. The van der Waals surface area contributed by atoms with Gasteiger partial charge in [-0.2, -0.15) is 0 Å². The third kappa shape index (κ3) is 4.51. The number of hydrogen-bond donors (Lipinski definition) is 3. The van der Waals surface area contributed by atoms with Crippen molar-refractivity contribution < 1.29 is 24.2 Å². The van der Waals surface area contributed by atoms with E-state index in [0.717, 1.165) is 12.8 Å². The molecule has 7 heteroatoms. The molecule has 0 aromatic heterocycles. The molecular formula is C28H32N2O5. The van der Waals surface area contributed by atoms with Crippen LogP contribution in [0.25, 0.3) is 11.1 Å². The van der Waals surface area contributed by atoms with Gasteiger partial charge in [-0.25, -0.2) is 9.59 Å². The van der Waals surface area contributed by atoms with Crippen molar-refractivity contribution >= 4 is 18.0 Å². The van der Waals surface area contributed by atoms with E-state index in [1.54, 1.807) is 0 Å². The van der Waals surface area contributed by atoms with Crippen molar-refractivity contribution in [3.8, 4) is 11.1 Å². The fraction of sp³-hybridized carbons (Fsp3) is 0.464. The van der Waals surface area contributed by atoms with Crippen LogP contribution in [0.3, 0.4) is 0 Å². The van der Waals surface area contributed by atoms with Gasteiger partial charge in [-0.1, -0.05) is 61.9 Å². The molecule has 7 nitrogen and oxygen atoms in total. The minimum absolute atomic E-state index is 0.000590. The first-order chi connectivity index (χ1) is 17.0. The van der Waals surface area contributed by atoms with Crippen LogP contribution in [-0.2, 0) is 14.3 Å². The van der Waals surface area contributed by atoms with Crippen molar-refractivity contribution in [3.63, 3.8) is 0 Å². The molecule has 3 N–H and O–H groups in total. The Morgan fingerprint density at radius 2 is 1.66 bits per heavy atom. The second-order valence-corrected chi connectivity index (χ2v) is 10.1. The maximum atomic E-state index is 12.6. The number of fused-ring (bicyclic) bond motifs is 4. The van der Waals surface area contributed by atoms with E-state index in [2.05, 4.69) is 34.9 Å². The van der Waals surface area contributed by atoms with Crippen molar-refractivity contribution in [1.29, 1.82) is 0 Å². The largest absolute Gasteiger partial charge is 0.480 e. The van der Waals surface area contributed by atoms with Gasteiger partial charge in [-0.15, -0.1) is 0 Å². The number of rotatable bonds is 8. The summed E-state index contributed by atoms with van der Waals surface area (Å²) >= 11 is 0. The highest BCUT2D eigenvalue weighted by molar-refractivity contribution is 5.85. The average molecular weight is 477 g/mol. The zero-order valence-electron chi connectivity index (χ0n) is 19.9. The maximum Gasteiger partial charge on any atom is 0.407 e. The molecule has 3 aliphatic rings. The van der Waals surface area contributed by atoms with E-state index in [4.69, 9.17) is 4.74 Å². The van der Waals surface area contributed by atoms with Crippen LogP contribution in [0.5, 0.6) is 0 Å². The monoisotopic (exact) mass is 476 g/mol. The van der Waals surface area contributed by atoms with Gasteiger partial charge in [0.1, 0.15) is 12.6 Å². The van der Waals surface area contributed by atoms with Gasteiger partial charge in [0, 0.05) is 17.9 Å². The lowest BCUT2D eigenvalue weighted by Crippen LogP contribution is -2.50. The quantitative estimate of drug-likeness (QED) is 0.527. The van der Waals surface area contributed by atoms with E-state index in [1.165, 1.54) is 22.3 Å². The second-order valence-electron chi connectivity index (χ2n) is 10.1. The Balaban J connectivity index is 1.13. The zero-order valence-corrected chi connectivity index (χ0v) is 19.9. The number of carboxylic acid groups (broad SMARTS) is 1. The van der Waals surface area contributed by atoms with Gasteiger partial charge in [-0.05, 0) is 59.8 Å². The molecule has 0 spiro atoms. The molecule has 0 heterocycles. The number of aliphatic carboxylic acids is 1. The number of alkyl carbamates (subject to hydrolysis) is 1. The second kappa shape index (κ2) is 9.72. The normalized spacial score (nSPS) is 24.9. The predicted molar refractivity (Wildman–Crippen MR) is 131 cm³/mol. The summed E-state index contributed by atoms with van der Waals surface area (Å²) in [6, 6.07) is 15.7. The molecule has 2 saturated carbocycles. The van der Waals surface area contributed by atoms with Crippen LogP contribution in [0.2, 0.25) is 0 Å². The first-order valence-electron chi connectivity index (χ1n) is 12.6. The Morgan fingerprint density at radius 1 is 1.00 bits per heavy atom. The van der Waals surface area contributed by atoms with Gasteiger partial charge in [0.05, 0.1) is 0 Å². The minimum atomic E-state index is -0.990. The molecule has 184 valence electrons. The van der Waals surface area contributed by atoms with Crippen LogP contribution in [0.15, 0.2) is 48.5 Å². The van der Waals surface area contributed by atoms with Crippen molar-refractivity contribution in [1.82, 2.24) is 10.6 Å². The highest BCUT2D eigenvalue weighted by Gasteiger charge is 2.50. The lowest BCUT2D eigenvalue weighted by atomic mass is 9.71. The van der Waals surface area contributed by atoms with Crippen LogP contribution in [0.4, 0.5) is 4.79 Å². The highest BCUT2D eigenvalue weighted by Crippen LogP contribution is 2.50. The van der Waals surface area contributed by atoms with Crippen LogP contribution >= 0.6 is 0 Å².